The first-order valence-electron chi connectivity index (χ1n) is 21.7. The molecule has 316 valence electrons. The van der Waals surface area contributed by atoms with Crippen molar-refractivity contribution >= 4 is 23.6 Å². The number of nitrogens with zero attached hydrogens (tertiary/aromatic N) is 3. The van der Waals surface area contributed by atoms with Crippen LogP contribution in [0.4, 0.5) is 0 Å². The average Bonchev–Trinajstić information content (AvgIpc) is 3.42. The number of carbonyl (C=O) groups is 4. The molecule has 0 saturated heterocycles. The topological polar surface area (TPSA) is 137 Å². The van der Waals surface area contributed by atoms with Crippen molar-refractivity contribution in [3.63, 3.8) is 0 Å². The average molecular weight is 790 g/mol. The lowest BCUT2D eigenvalue weighted by Crippen LogP contribution is -2.66. The fraction of sp³-hybridized carbons (Fsp3) is 0.766. The molecule has 0 bridgehead atoms. The number of rotatable bonds is 12. The normalized spacial score (nSPS) is 35.2. The van der Waals surface area contributed by atoms with Crippen LogP contribution in [0, 0.1) is 56.2 Å². The third-order valence-electron chi connectivity index (χ3n) is 16.8. The molecule has 4 fully saturated rings. The molecule has 9 unspecified atom stereocenters. The van der Waals surface area contributed by atoms with E-state index in [0.29, 0.717) is 31.2 Å². The number of aromatic nitrogens is 1. The molecule has 2 N–H and O–H groups in total. The number of pyridine rings is 1. The minimum absolute atomic E-state index is 0.0152. The lowest BCUT2D eigenvalue weighted by atomic mass is 9.33. The number of allylic oxidation sites excluding steroid dienone is 1. The van der Waals surface area contributed by atoms with Crippen molar-refractivity contribution in [1.82, 2.24) is 14.8 Å². The van der Waals surface area contributed by atoms with Crippen molar-refractivity contribution in [2.75, 3.05) is 27.2 Å². The minimum Gasteiger partial charge on any atom is -0.481 e. The third-order valence-corrected chi connectivity index (χ3v) is 16.8. The second-order valence-electron chi connectivity index (χ2n) is 21.4. The number of likely N-dealkylation sites (N-methyl/N-ethyl adjacent to an activating group) is 1. The van der Waals surface area contributed by atoms with E-state index in [0.717, 1.165) is 56.2 Å². The standard InChI is InChI=1S/C47H71N3O7/c1-29(2)39-32(51)24-47(35(52)27-50(37(53)28-49(10)11)26-30-14-12-13-23-48-30)22-21-45(8)31(40(39)47)15-16-34-44(7)19-18-36(57-38(54)25-42(3,4)41(55)56)43(5,6)33(44)17-20-46(34,45)9/h12-14,23,29,31,33-36,52H,15-22,24-28H2,1-11H3,(H,55,56). The van der Waals surface area contributed by atoms with Crippen molar-refractivity contribution in [2.45, 2.75) is 145 Å². The fourth-order valence-corrected chi connectivity index (χ4v) is 13.6. The molecule has 1 heterocycles. The number of amides is 1. The van der Waals surface area contributed by atoms with Gasteiger partial charge in [-0.3, -0.25) is 24.2 Å². The van der Waals surface area contributed by atoms with Gasteiger partial charge in [-0.2, -0.15) is 0 Å². The minimum atomic E-state index is -1.18. The number of hydrogen-bond acceptors (Lipinski definition) is 8. The van der Waals surface area contributed by atoms with Crippen LogP contribution in [-0.4, -0.2) is 88.0 Å². The number of carboxylic acid groups (broad SMARTS) is 1. The Bertz CT molecular complexity index is 1770. The number of carboxylic acids is 1. The Kier molecular flexibility index (Phi) is 11.6. The van der Waals surface area contributed by atoms with Gasteiger partial charge in [0.1, 0.15) is 6.10 Å². The van der Waals surface area contributed by atoms with Crippen molar-refractivity contribution in [1.29, 1.82) is 0 Å². The Balaban J connectivity index is 1.30. The van der Waals surface area contributed by atoms with E-state index < -0.39 is 28.9 Å². The molecule has 0 aromatic carbocycles. The number of aliphatic hydroxyl groups is 1. The van der Waals surface area contributed by atoms with E-state index in [9.17, 15) is 29.4 Å². The zero-order chi connectivity index (χ0) is 42.1. The van der Waals surface area contributed by atoms with E-state index in [1.807, 2.05) is 37.2 Å². The van der Waals surface area contributed by atoms with Crippen molar-refractivity contribution < 1.29 is 34.1 Å². The van der Waals surface area contributed by atoms with Gasteiger partial charge in [-0.1, -0.05) is 60.1 Å². The number of ketones is 1. The summed E-state index contributed by atoms with van der Waals surface area (Å²) in [6.07, 6.45) is 8.01. The lowest BCUT2D eigenvalue weighted by Gasteiger charge is -2.72. The van der Waals surface area contributed by atoms with Crippen LogP contribution in [0.3, 0.4) is 0 Å². The van der Waals surface area contributed by atoms with Gasteiger partial charge >= 0.3 is 11.9 Å². The van der Waals surface area contributed by atoms with Crippen LogP contribution in [-0.2, 0) is 30.5 Å². The maximum Gasteiger partial charge on any atom is 0.309 e. The van der Waals surface area contributed by atoms with E-state index >= 15 is 0 Å². The zero-order valence-corrected chi connectivity index (χ0v) is 36.7. The lowest BCUT2D eigenvalue weighted by molar-refractivity contribution is -0.235. The first kappa shape index (κ1) is 43.5. The summed E-state index contributed by atoms with van der Waals surface area (Å²) in [6, 6.07) is 5.68. The van der Waals surface area contributed by atoms with Crippen molar-refractivity contribution in [3.05, 3.63) is 41.2 Å². The van der Waals surface area contributed by atoms with E-state index in [2.05, 4.69) is 53.5 Å². The molecule has 0 spiro atoms. The van der Waals surface area contributed by atoms with Gasteiger partial charge < -0.3 is 24.7 Å². The zero-order valence-electron chi connectivity index (χ0n) is 36.7. The Hall–Kier alpha value is -3.11. The van der Waals surface area contributed by atoms with E-state index in [1.54, 1.807) is 24.9 Å². The number of aliphatic carboxylic acids is 1. The molecular formula is C47H71N3O7. The van der Waals surface area contributed by atoms with Gasteiger partial charge in [0, 0.05) is 30.0 Å². The van der Waals surface area contributed by atoms with Crippen LogP contribution in [0.1, 0.15) is 132 Å². The molecule has 1 amide bonds. The molecule has 10 heteroatoms. The summed E-state index contributed by atoms with van der Waals surface area (Å²) in [5.74, 6) is -0.419. The van der Waals surface area contributed by atoms with Crippen LogP contribution in [0.15, 0.2) is 35.5 Å². The van der Waals surface area contributed by atoms with Crippen LogP contribution in [0.5, 0.6) is 0 Å². The van der Waals surface area contributed by atoms with Crippen molar-refractivity contribution in [3.8, 4) is 0 Å². The summed E-state index contributed by atoms with van der Waals surface area (Å²) in [7, 11) is 3.74. The van der Waals surface area contributed by atoms with Crippen LogP contribution in [0.2, 0.25) is 0 Å². The van der Waals surface area contributed by atoms with Gasteiger partial charge in [0.25, 0.3) is 0 Å². The van der Waals surface area contributed by atoms with Gasteiger partial charge in [0.2, 0.25) is 5.91 Å². The molecule has 0 aliphatic heterocycles. The molecule has 10 nitrogen and oxygen atoms in total. The van der Waals surface area contributed by atoms with E-state index in [4.69, 9.17) is 4.74 Å². The van der Waals surface area contributed by atoms with Crippen LogP contribution >= 0.6 is 0 Å². The van der Waals surface area contributed by atoms with Crippen molar-refractivity contribution in [2.24, 2.45) is 56.2 Å². The number of carbonyl (C=O) groups excluding carboxylic acids is 3. The predicted molar refractivity (Wildman–Crippen MR) is 220 cm³/mol. The molecule has 5 aliphatic carbocycles. The maximum atomic E-state index is 14.3. The summed E-state index contributed by atoms with van der Waals surface area (Å²) in [5.41, 5.74) is 0.583. The highest BCUT2D eigenvalue weighted by Gasteiger charge is 2.71. The number of esters is 1. The monoisotopic (exact) mass is 790 g/mol. The Morgan fingerprint density at radius 2 is 1.65 bits per heavy atom. The van der Waals surface area contributed by atoms with Gasteiger partial charge in [-0.15, -0.1) is 0 Å². The first-order chi connectivity index (χ1) is 26.4. The fourth-order valence-electron chi connectivity index (χ4n) is 13.6. The van der Waals surface area contributed by atoms with Crippen LogP contribution < -0.4 is 0 Å². The number of ether oxygens (including phenoxy) is 1. The highest BCUT2D eigenvalue weighted by molar-refractivity contribution is 6.00. The molecule has 9 atom stereocenters. The number of aliphatic hydroxyl groups excluding tert-OH is 1. The Morgan fingerprint density at radius 1 is 0.947 bits per heavy atom. The molecule has 6 rings (SSSR count). The highest BCUT2D eigenvalue weighted by atomic mass is 16.5. The summed E-state index contributed by atoms with van der Waals surface area (Å²) in [6.45, 7) is 20.1. The SMILES string of the molecule is CC(C)C1=C2C3CCC4C5(C)CCC(OC(=O)CC(C)(C)C(=O)O)C(C)(C)C5CCC4(C)C3(C)CCC2(C(O)CN(Cc2ccccn2)C(=O)CN(C)C)CC1=O. The second-order valence-corrected chi connectivity index (χ2v) is 21.4. The summed E-state index contributed by atoms with van der Waals surface area (Å²) in [5, 5.41) is 22.2. The van der Waals surface area contributed by atoms with Gasteiger partial charge in [-0.05, 0) is 137 Å². The first-order valence-corrected chi connectivity index (χ1v) is 21.7. The third kappa shape index (κ3) is 7.20. The van der Waals surface area contributed by atoms with Gasteiger partial charge in [0.15, 0.2) is 5.78 Å². The van der Waals surface area contributed by atoms with E-state index in [1.165, 1.54) is 5.57 Å². The molecule has 5 aliphatic rings. The smallest absolute Gasteiger partial charge is 0.309 e. The number of hydrogen-bond donors (Lipinski definition) is 2. The number of Topliss-reactive ketones (excluding diaryl/α,β-unsaturated/α-hetero) is 1. The Labute approximate surface area is 341 Å². The summed E-state index contributed by atoms with van der Waals surface area (Å²) >= 11 is 0. The largest absolute Gasteiger partial charge is 0.481 e. The molecule has 0 radical (unpaired) electrons. The maximum absolute atomic E-state index is 14.3. The second kappa shape index (κ2) is 15.2. The van der Waals surface area contributed by atoms with Gasteiger partial charge in [0.05, 0.1) is 36.7 Å². The molecule has 4 saturated carbocycles. The molecular weight excluding hydrogens is 719 g/mol. The molecule has 57 heavy (non-hydrogen) atoms. The molecule has 1 aromatic rings. The van der Waals surface area contributed by atoms with Gasteiger partial charge in [-0.25, -0.2) is 0 Å². The van der Waals surface area contributed by atoms with E-state index in [-0.39, 0.29) is 70.8 Å². The predicted octanol–water partition coefficient (Wildman–Crippen LogP) is 7.73. The quantitative estimate of drug-likeness (QED) is 0.204. The summed E-state index contributed by atoms with van der Waals surface area (Å²) in [4.78, 5) is 61.1. The van der Waals surface area contributed by atoms with Crippen LogP contribution in [0.25, 0.3) is 0 Å². The highest BCUT2D eigenvalue weighted by Crippen LogP contribution is 2.77. The molecule has 1 aromatic heterocycles. The number of fused-ring (bicyclic) bond motifs is 7. The summed E-state index contributed by atoms with van der Waals surface area (Å²) < 4.78 is 6.18. The Morgan fingerprint density at radius 3 is 2.26 bits per heavy atom.